The number of hydrogen-bond acceptors (Lipinski definition) is 6. The normalized spacial score (nSPS) is 10.3. The second kappa shape index (κ2) is 8.39. The van der Waals surface area contributed by atoms with Crippen LogP contribution in [0.3, 0.4) is 0 Å². The number of aryl methyl sites for hydroxylation is 2. The number of anilines is 3. The molecule has 0 radical (unpaired) electrons. The highest BCUT2D eigenvalue weighted by Gasteiger charge is 2.12. The number of ether oxygens (including phenoxy) is 2. The van der Waals surface area contributed by atoms with E-state index in [1.54, 1.807) is 37.4 Å². The lowest BCUT2D eigenvalue weighted by molar-refractivity contribution is 0.102. The van der Waals surface area contributed by atoms with E-state index < -0.39 is 0 Å². The number of carbonyl (C=O) groups is 1. The third-order valence-corrected chi connectivity index (χ3v) is 4.20. The zero-order chi connectivity index (χ0) is 20.1. The smallest absolute Gasteiger partial charge is 0.257 e. The zero-order valence-corrected chi connectivity index (χ0v) is 16.2. The first kappa shape index (κ1) is 19.2. The molecule has 7 heteroatoms. The Balaban J connectivity index is 1.69. The monoisotopic (exact) mass is 378 g/mol. The Bertz CT molecular complexity index is 987. The Morgan fingerprint density at radius 1 is 0.857 bits per heavy atom. The van der Waals surface area contributed by atoms with Crippen LogP contribution in [-0.2, 0) is 0 Å². The fourth-order valence-corrected chi connectivity index (χ4v) is 2.72. The maximum absolute atomic E-state index is 12.4. The Labute approximate surface area is 163 Å². The molecule has 0 aliphatic heterocycles. The first-order valence-corrected chi connectivity index (χ1v) is 8.71. The van der Waals surface area contributed by atoms with E-state index in [9.17, 15) is 4.79 Å². The molecule has 0 spiro atoms. The van der Waals surface area contributed by atoms with Gasteiger partial charge in [0.2, 0.25) is 0 Å². The Hall–Kier alpha value is -3.61. The van der Waals surface area contributed by atoms with Gasteiger partial charge in [-0.25, -0.2) is 0 Å². The van der Waals surface area contributed by atoms with Crippen LogP contribution in [0.2, 0.25) is 0 Å². The van der Waals surface area contributed by atoms with Gasteiger partial charge in [0.15, 0.2) is 23.1 Å². The van der Waals surface area contributed by atoms with Crippen LogP contribution in [0.15, 0.2) is 48.5 Å². The second-order valence-electron chi connectivity index (χ2n) is 6.27. The third kappa shape index (κ3) is 4.37. The van der Waals surface area contributed by atoms with E-state index >= 15 is 0 Å². The minimum Gasteiger partial charge on any atom is -0.493 e. The van der Waals surface area contributed by atoms with E-state index in [2.05, 4.69) is 26.9 Å². The van der Waals surface area contributed by atoms with Crippen molar-refractivity contribution in [3.8, 4) is 11.5 Å². The summed E-state index contributed by atoms with van der Waals surface area (Å²) in [4.78, 5) is 12.4. The van der Waals surface area contributed by atoms with Gasteiger partial charge in [-0.05, 0) is 55.8 Å². The van der Waals surface area contributed by atoms with Gasteiger partial charge in [0.05, 0.1) is 14.2 Å². The molecule has 144 valence electrons. The number of rotatable bonds is 6. The summed E-state index contributed by atoms with van der Waals surface area (Å²) < 4.78 is 10.4. The molecule has 3 rings (SSSR count). The molecule has 1 amide bonds. The number of hydrogen-bond donors (Lipinski definition) is 2. The highest BCUT2D eigenvalue weighted by molar-refractivity contribution is 6.04. The Morgan fingerprint density at radius 3 is 2.21 bits per heavy atom. The van der Waals surface area contributed by atoms with E-state index in [1.165, 1.54) is 12.7 Å². The molecule has 0 aliphatic carbocycles. The maximum Gasteiger partial charge on any atom is 0.257 e. The highest BCUT2D eigenvalue weighted by Crippen LogP contribution is 2.28. The van der Waals surface area contributed by atoms with Crippen LogP contribution in [0.5, 0.6) is 11.5 Å². The van der Waals surface area contributed by atoms with Gasteiger partial charge in [0.25, 0.3) is 5.91 Å². The Kier molecular flexibility index (Phi) is 5.74. The van der Waals surface area contributed by atoms with Crippen molar-refractivity contribution in [3.63, 3.8) is 0 Å². The predicted octanol–water partition coefficient (Wildman–Crippen LogP) is 4.11. The predicted molar refractivity (Wildman–Crippen MR) is 109 cm³/mol. The number of aromatic nitrogens is 2. The van der Waals surface area contributed by atoms with E-state index in [1.807, 2.05) is 26.0 Å². The minimum absolute atomic E-state index is 0.314. The third-order valence-electron chi connectivity index (χ3n) is 4.20. The molecule has 0 unspecified atom stereocenters. The highest BCUT2D eigenvalue weighted by atomic mass is 16.5. The average molecular weight is 378 g/mol. The van der Waals surface area contributed by atoms with Crippen molar-refractivity contribution in [1.29, 1.82) is 0 Å². The quantitative estimate of drug-likeness (QED) is 0.671. The van der Waals surface area contributed by atoms with Gasteiger partial charge in [0, 0.05) is 11.3 Å². The van der Waals surface area contributed by atoms with Crippen LogP contribution in [0.4, 0.5) is 17.3 Å². The molecule has 0 bridgehead atoms. The molecule has 3 aromatic rings. The van der Waals surface area contributed by atoms with Gasteiger partial charge >= 0.3 is 0 Å². The molecule has 1 aromatic heterocycles. The molecule has 0 fully saturated rings. The number of amides is 1. The standard InChI is InChI=1S/C21H22N4O3/c1-13-5-7-16(14(2)11-13)22-19-9-10-20(25-24-19)23-21(26)15-6-8-17(27-3)18(12-15)28-4/h5-12H,1-4H3,(H,22,24)(H,23,25,26). The van der Waals surface area contributed by atoms with E-state index in [0.29, 0.717) is 28.7 Å². The maximum atomic E-state index is 12.4. The van der Waals surface area contributed by atoms with Crippen LogP contribution in [0, 0.1) is 13.8 Å². The Morgan fingerprint density at radius 2 is 1.57 bits per heavy atom. The number of methoxy groups -OCH3 is 2. The number of nitrogens with zero attached hydrogens (tertiary/aromatic N) is 2. The molecule has 1 heterocycles. The summed E-state index contributed by atoms with van der Waals surface area (Å²) in [7, 11) is 3.06. The summed E-state index contributed by atoms with van der Waals surface area (Å²) >= 11 is 0. The van der Waals surface area contributed by atoms with Crippen molar-refractivity contribution in [2.24, 2.45) is 0 Å². The summed E-state index contributed by atoms with van der Waals surface area (Å²) in [6.07, 6.45) is 0. The first-order chi connectivity index (χ1) is 13.5. The van der Waals surface area contributed by atoms with Gasteiger partial charge in [-0.3, -0.25) is 4.79 Å². The molecule has 28 heavy (non-hydrogen) atoms. The van der Waals surface area contributed by atoms with Crippen LogP contribution in [0.25, 0.3) is 0 Å². The van der Waals surface area contributed by atoms with Crippen molar-refractivity contribution < 1.29 is 14.3 Å². The molecule has 0 atom stereocenters. The molecular weight excluding hydrogens is 356 g/mol. The van der Waals surface area contributed by atoms with Crippen molar-refractivity contribution in [1.82, 2.24) is 10.2 Å². The summed E-state index contributed by atoms with van der Waals surface area (Å²) in [5.74, 6) is 1.67. The topological polar surface area (TPSA) is 85.4 Å². The minimum atomic E-state index is -0.314. The van der Waals surface area contributed by atoms with Gasteiger partial charge in [-0.2, -0.15) is 0 Å². The van der Waals surface area contributed by atoms with E-state index in [-0.39, 0.29) is 5.91 Å². The largest absolute Gasteiger partial charge is 0.493 e. The molecular formula is C21H22N4O3. The van der Waals surface area contributed by atoms with Crippen molar-refractivity contribution in [2.75, 3.05) is 24.9 Å². The van der Waals surface area contributed by atoms with E-state index in [4.69, 9.17) is 9.47 Å². The van der Waals surface area contributed by atoms with Gasteiger partial charge in [-0.15, -0.1) is 10.2 Å². The fraction of sp³-hybridized carbons (Fsp3) is 0.190. The van der Waals surface area contributed by atoms with Gasteiger partial charge < -0.3 is 20.1 Å². The fourth-order valence-electron chi connectivity index (χ4n) is 2.72. The SMILES string of the molecule is COc1ccc(C(=O)Nc2ccc(Nc3ccc(C)cc3C)nn2)cc1OC. The number of nitrogens with one attached hydrogen (secondary N) is 2. The van der Waals surface area contributed by atoms with Crippen molar-refractivity contribution in [2.45, 2.75) is 13.8 Å². The second-order valence-corrected chi connectivity index (χ2v) is 6.27. The lowest BCUT2D eigenvalue weighted by Crippen LogP contribution is -2.13. The molecule has 7 nitrogen and oxygen atoms in total. The molecule has 0 aliphatic rings. The lowest BCUT2D eigenvalue weighted by atomic mass is 10.1. The molecule has 2 aromatic carbocycles. The van der Waals surface area contributed by atoms with Gasteiger partial charge in [0.1, 0.15) is 0 Å². The first-order valence-electron chi connectivity index (χ1n) is 8.71. The summed E-state index contributed by atoms with van der Waals surface area (Å²) in [6, 6.07) is 14.5. The van der Waals surface area contributed by atoms with E-state index in [0.717, 1.165) is 11.3 Å². The summed E-state index contributed by atoms with van der Waals surface area (Å²) in [6.45, 7) is 4.08. The summed E-state index contributed by atoms with van der Waals surface area (Å²) in [5.41, 5.74) is 3.70. The van der Waals surface area contributed by atoms with Crippen molar-refractivity contribution in [3.05, 3.63) is 65.2 Å². The van der Waals surface area contributed by atoms with Crippen LogP contribution in [-0.4, -0.2) is 30.3 Å². The zero-order valence-electron chi connectivity index (χ0n) is 16.2. The average Bonchev–Trinajstić information content (AvgIpc) is 2.70. The van der Waals surface area contributed by atoms with Crippen LogP contribution in [0.1, 0.15) is 21.5 Å². The molecule has 2 N–H and O–H groups in total. The summed E-state index contributed by atoms with van der Waals surface area (Å²) in [5, 5.41) is 14.1. The molecule has 0 saturated carbocycles. The van der Waals surface area contributed by atoms with Crippen LogP contribution >= 0.6 is 0 Å². The number of benzene rings is 2. The lowest BCUT2D eigenvalue weighted by Gasteiger charge is -2.11. The van der Waals surface area contributed by atoms with Crippen molar-refractivity contribution >= 4 is 23.2 Å². The van der Waals surface area contributed by atoms with Crippen LogP contribution < -0.4 is 20.1 Å². The molecule has 0 saturated heterocycles. The number of carbonyl (C=O) groups excluding carboxylic acids is 1. The van der Waals surface area contributed by atoms with Gasteiger partial charge in [-0.1, -0.05) is 17.7 Å².